The van der Waals surface area contributed by atoms with Crippen LogP contribution in [-0.2, 0) is 22.6 Å². The third kappa shape index (κ3) is 4.49. The van der Waals surface area contributed by atoms with Crippen molar-refractivity contribution in [1.29, 1.82) is 0 Å². The highest BCUT2D eigenvalue weighted by atomic mass is 32.1. The molecule has 1 saturated heterocycles. The van der Waals surface area contributed by atoms with Gasteiger partial charge in [-0.05, 0) is 32.8 Å². The third-order valence-corrected chi connectivity index (χ3v) is 5.73. The summed E-state index contributed by atoms with van der Waals surface area (Å²) in [7, 11) is 0. The van der Waals surface area contributed by atoms with E-state index in [1.54, 1.807) is 16.2 Å². The van der Waals surface area contributed by atoms with Gasteiger partial charge in [-0.1, -0.05) is 29.3 Å². The summed E-state index contributed by atoms with van der Waals surface area (Å²) in [6, 6.07) is 6.37. The van der Waals surface area contributed by atoms with Crippen molar-refractivity contribution in [3.8, 4) is 0 Å². The first-order valence-corrected chi connectivity index (χ1v) is 9.82. The van der Waals surface area contributed by atoms with Crippen LogP contribution in [0.4, 0.5) is 0 Å². The fraction of sp³-hybridized carbons (Fsp3) is 0.450. The predicted molar refractivity (Wildman–Crippen MR) is 103 cm³/mol. The Labute approximate surface area is 158 Å². The van der Waals surface area contributed by atoms with E-state index in [2.05, 4.69) is 37.0 Å². The summed E-state index contributed by atoms with van der Waals surface area (Å²) in [6.45, 7) is 8.11. The van der Waals surface area contributed by atoms with Crippen LogP contribution in [0.2, 0.25) is 0 Å². The fourth-order valence-corrected chi connectivity index (χ4v) is 4.20. The predicted octanol–water partition coefficient (Wildman–Crippen LogP) is 2.87. The Bertz CT molecular complexity index is 795. The monoisotopic (exact) mass is 371 g/mol. The Morgan fingerprint density at radius 1 is 1.15 bits per heavy atom. The average molecular weight is 372 g/mol. The Morgan fingerprint density at radius 2 is 1.88 bits per heavy atom. The normalized spacial score (nSPS) is 14.8. The molecule has 2 aromatic rings. The molecule has 3 rings (SSSR count). The van der Waals surface area contributed by atoms with Gasteiger partial charge in [0.1, 0.15) is 0 Å². The molecule has 1 aromatic heterocycles. The summed E-state index contributed by atoms with van der Waals surface area (Å²) >= 11 is 1.59. The standard InChI is InChI=1S/C20H25N3O2S/c1-14-8-15(2)10-17(9-14)11-22-6-7-23(12-20(22)25)19(24)5-4-18-16(3)21-13-26-18/h8-10,13H,4-7,11-12H2,1-3H3. The van der Waals surface area contributed by atoms with Gasteiger partial charge >= 0.3 is 0 Å². The molecule has 1 aromatic carbocycles. The molecule has 1 aliphatic heterocycles. The number of benzene rings is 1. The van der Waals surface area contributed by atoms with Crippen LogP contribution < -0.4 is 0 Å². The number of piperazine rings is 1. The highest BCUT2D eigenvalue weighted by Gasteiger charge is 2.27. The second-order valence-electron chi connectivity index (χ2n) is 6.99. The number of amides is 2. The van der Waals surface area contributed by atoms with Gasteiger partial charge in [-0.2, -0.15) is 0 Å². The largest absolute Gasteiger partial charge is 0.335 e. The molecule has 2 amide bonds. The van der Waals surface area contributed by atoms with Crippen LogP contribution in [-0.4, -0.2) is 46.2 Å². The van der Waals surface area contributed by atoms with Gasteiger partial charge in [-0.25, -0.2) is 4.98 Å². The lowest BCUT2D eigenvalue weighted by atomic mass is 10.1. The van der Waals surface area contributed by atoms with Crippen molar-refractivity contribution >= 4 is 23.2 Å². The van der Waals surface area contributed by atoms with E-state index in [0.717, 1.165) is 16.1 Å². The van der Waals surface area contributed by atoms with Gasteiger partial charge in [-0.3, -0.25) is 9.59 Å². The smallest absolute Gasteiger partial charge is 0.242 e. The Balaban J connectivity index is 1.53. The van der Waals surface area contributed by atoms with Gasteiger partial charge in [0, 0.05) is 30.9 Å². The molecule has 0 aliphatic carbocycles. The van der Waals surface area contributed by atoms with Crippen LogP contribution >= 0.6 is 11.3 Å². The average Bonchev–Trinajstić information content (AvgIpc) is 2.98. The molecular formula is C20H25N3O2S. The van der Waals surface area contributed by atoms with E-state index in [-0.39, 0.29) is 18.4 Å². The van der Waals surface area contributed by atoms with E-state index in [9.17, 15) is 9.59 Å². The van der Waals surface area contributed by atoms with Gasteiger partial charge in [0.2, 0.25) is 11.8 Å². The molecule has 0 saturated carbocycles. The molecule has 2 heterocycles. The topological polar surface area (TPSA) is 53.5 Å². The van der Waals surface area contributed by atoms with Crippen LogP contribution in [0.25, 0.3) is 0 Å². The molecule has 1 aliphatic rings. The number of carbonyl (C=O) groups excluding carboxylic acids is 2. The molecule has 0 unspecified atom stereocenters. The van der Waals surface area contributed by atoms with E-state index in [0.29, 0.717) is 32.5 Å². The Kier molecular flexibility index (Phi) is 5.71. The molecule has 26 heavy (non-hydrogen) atoms. The second-order valence-corrected chi connectivity index (χ2v) is 7.93. The summed E-state index contributed by atoms with van der Waals surface area (Å²) < 4.78 is 0. The zero-order valence-corrected chi connectivity index (χ0v) is 16.4. The van der Waals surface area contributed by atoms with Crippen LogP contribution in [0, 0.1) is 20.8 Å². The minimum atomic E-state index is 0.0257. The summed E-state index contributed by atoms with van der Waals surface area (Å²) in [4.78, 5) is 33.8. The first-order valence-electron chi connectivity index (χ1n) is 8.94. The lowest BCUT2D eigenvalue weighted by Gasteiger charge is -2.34. The number of carbonyl (C=O) groups is 2. The lowest BCUT2D eigenvalue weighted by molar-refractivity contribution is -0.145. The molecule has 138 valence electrons. The van der Waals surface area contributed by atoms with E-state index in [1.165, 1.54) is 11.1 Å². The highest BCUT2D eigenvalue weighted by Crippen LogP contribution is 2.17. The van der Waals surface area contributed by atoms with Crippen molar-refractivity contribution in [2.24, 2.45) is 0 Å². The van der Waals surface area contributed by atoms with Crippen molar-refractivity contribution in [2.45, 2.75) is 40.2 Å². The minimum Gasteiger partial charge on any atom is -0.335 e. The molecule has 6 heteroatoms. The van der Waals surface area contributed by atoms with Gasteiger partial charge in [0.05, 0.1) is 17.7 Å². The summed E-state index contributed by atoms with van der Waals surface area (Å²) in [5.74, 6) is 0.0786. The number of hydrogen-bond acceptors (Lipinski definition) is 4. The van der Waals surface area contributed by atoms with Crippen molar-refractivity contribution in [2.75, 3.05) is 19.6 Å². The maximum absolute atomic E-state index is 12.5. The molecular weight excluding hydrogens is 346 g/mol. The van der Waals surface area contributed by atoms with E-state index >= 15 is 0 Å². The summed E-state index contributed by atoms with van der Waals surface area (Å²) in [6.07, 6.45) is 1.14. The minimum absolute atomic E-state index is 0.0257. The number of nitrogens with zero attached hydrogens (tertiary/aromatic N) is 3. The number of aromatic nitrogens is 1. The van der Waals surface area contributed by atoms with Crippen LogP contribution in [0.15, 0.2) is 23.7 Å². The van der Waals surface area contributed by atoms with Crippen molar-refractivity contribution in [1.82, 2.24) is 14.8 Å². The molecule has 0 N–H and O–H groups in total. The fourth-order valence-electron chi connectivity index (χ4n) is 3.41. The summed E-state index contributed by atoms with van der Waals surface area (Å²) in [5.41, 5.74) is 6.37. The lowest BCUT2D eigenvalue weighted by Crippen LogP contribution is -2.51. The second kappa shape index (κ2) is 7.99. The molecule has 1 fully saturated rings. The summed E-state index contributed by atoms with van der Waals surface area (Å²) in [5, 5.41) is 0. The maximum atomic E-state index is 12.5. The Morgan fingerprint density at radius 3 is 2.50 bits per heavy atom. The molecule has 0 radical (unpaired) electrons. The van der Waals surface area contributed by atoms with Gasteiger partial charge in [0.25, 0.3) is 0 Å². The third-order valence-electron chi connectivity index (χ3n) is 4.74. The van der Waals surface area contributed by atoms with Crippen molar-refractivity contribution in [3.63, 3.8) is 0 Å². The molecule has 0 spiro atoms. The Hall–Kier alpha value is -2.21. The first-order chi connectivity index (χ1) is 12.4. The van der Waals surface area contributed by atoms with Crippen molar-refractivity contribution < 1.29 is 9.59 Å². The van der Waals surface area contributed by atoms with Crippen molar-refractivity contribution in [3.05, 3.63) is 51.0 Å². The van der Waals surface area contributed by atoms with E-state index in [1.807, 2.05) is 17.3 Å². The quantitative estimate of drug-likeness (QED) is 0.812. The number of rotatable bonds is 5. The van der Waals surface area contributed by atoms with Gasteiger partial charge in [-0.15, -0.1) is 11.3 Å². The molecule has 5 nitrogen and oxygen atoms in total. The number of hydrogen-bond donors (Lipinski definition) is 0. The zero-order chi connectivity index (χ0) is 18.7. The zero-order valence-electron chi connectivity index (χ0n) is 15.6. The number of aryl methyl sites for hydroxylation is 4. The van der Waals surface area contributed by atoms with Crippen LogP contribution in [0.1, 0.15) is 33.7 Å². The van der Waals surface area contributed by atoms with Crippen LogP contribution in [0.5, 0.6) is 0 Å². The van der Waals surface area contributed by atoms with E-state index in [4.69, 9.17) is 0 Å². The molecule has 0 bridgehead atoms. The van der Waals surface area contributed by atoms with Gasteiger partial charge in [0.15, 0.2) is 0 Å². The maximum Gasteiger partial charge on any atom is 0.242 e. The SMILES string of the molecule is Cc1cc(C)cc(CN2CCN(C(=O)CCc3scnc3C)CC2=O)c1. The van der Waals surface area contributed by atoms with Crippen LogP contribution in [0.3, 0.4) is 0 Å². The molecule has 0 atom stereocenters. The van der Waals surface area contributed by atoms with Gasteiger partial charge < -0.3 is 9.80 Å². The first kappa shape index (κ1) is 18.6. The number of thiazole rings is 1. The van der Waals surface area contributed by atoms with E-state index < -0.39 is 0 Å². The highest BCUT2D eigenvalue weighted by molar-refractivity contribution is 7.09.